The number of fused-ring (bicyclic) bond motifs is 1. The average molecular weight is 408 g/mol. The summed E-state index contributed by atoms with van der Waals surface area (Å²) >= 11 is 6.17. The number of aryl methyl sites for hydroxylation is 1. The largest absolute Gasteiger partial charge is 0.455 e. The quantitative estimate of drug-likeness (QED) is 0.471. The van der Waals surface area contributed by atoms with Crippen LogP contribution in [0.2, 0.25) is 5.02 Å². The summed E-state index contributed by atoms with van der Waals surface area (Å²) in [6.45, 7) is 2.31. The number of hydrogen-bond acceptors (Lipinski definition) is 4. The van der Waals surface area contributed by atoms with E-state index in [1.165, 1.54) is 22.9 Å². The molecule has 0 unspecified atom stereocenters. The number of carbonyl (C=O) groups excluding carboxylic acids is 1. The zero-order valence-electron chi connectivity index (χ0n) is 15.7. The van der Waals surface area contributed by atoms with Gasteiger partial charge in [0.05, 0.1) is 17.8 Å². The zero-order chi connectivity index (χ0) is 20.4. The van der Waals surface area contributed by atoms with E-state index in [0.29, 0.717) is 10.7 Å². The standard InChI is InChI=1S/C22H18ClN3O3/c1-15-6-8-20-24-18(13-25(20)10-15)14-29-22(28)17-7-9-21(27)26(12-17)11-16-4-2-3-5-19(16)23/h2-10,12-13H,11,14H2,1H3. The first kappa shape index (κ1) is 19.0. The minimum atomic E-state index is -0.522. The van der Waals surface area contributed by atoms with Crippen molar-refractivity contribution in [2.24, 2.45) is 0 Å². The van der Waals surface area contributed by atoms with E-state index in [-0.39, 0.29) is 24.3 Å². The lowest BCUT2D eigenvalue weighted by atomic mass is 10.2. The van der Waals surface area contributed by atoms with Crippen LogP contribution < -0.4 is 5.56 Å². The number of nitrogens with zero attached hydrogens (tertiary/aromatic N) is 3. The van der Waals surface area contributed by atoms with Crippen molar-refractivity contribution in [3.63, 3.8) is 0 Å². The predicted octanol–water partition coefficient (Wildman–Crippen LogP) is 3.86. The summed E-state index contributed by atoms with van der Waals surface area (Å²) in [6, 6.07) is 14.0. The Morgan fingerprint density at radius 2 is 1.90 bits per heavy atom. The fourth-order valence-corrected chi connectivity index (χ4v) is 3.23. The topological polar surface area (TPSA) is 65.6 Å². The Hall–Kier alpha value is -3.38. The molecule has 0 radical (unpaired) electrons. The van der Waals surface area contributed by atoms with Crippen molar-refractivity contribution in [2.45, 2.75) is 20.1 Å². The number of imidazole rings is 1. The summed E-state index contributed by atoms with van der Waals surface area (Å²) in [5.74, 6) is -0.522. The lowest BCUT2D eigenvalue weighted by molar-refractivity contribution is 0.0467. The van der Waals surface area contributed by atoms with E-state index < -0.39 is 5.97 Å². The van der Waals surface area contributed by atoms with Gasteiger partial charge in [-0.05, 0) is 36.2 Å². The Morgan fingerprint density at radius 3 is 2.72 bits per heavy atom. The number of carbonyl (C=O) groups is 1. The van der Waals surface area contributed by atoms with E-state index >= 15 is 0 Å². The molecule has 0 bridgehead atoms. The van der Waals surface area contributed by atoms with Gasteiger partial charge in [-0.1, -0.05) is 35.9 Å². The molecule has 0 saturated heterocycles. The third-order valence-corrected chi connectivity index (χ3v) is 4.89. The van der Waals surface area contributed by atoms with Gasteiger partial charge in [0, 0.05) is 29.7 Å². The summed E-state index contributed by atoms with van der Waals surface area (Å²) < 4.78 is 8.71. The third kappa shape index (κ3) is 4.22. The zero-order valence-corrected chi connectivity index (χ0v) is 16.5. The van der Waals surface area contributed by atoms with Crippen LogP contribution in [0.4, 0.5) is 0 Å². The molecule has 3 aromatic heterocycles. The average Bonchev–Trinajstić information content (AvgIpc) is 3.11. The maximum absolute atomic E-state index is 12.5. The molecule has 0 fully saturated rings. The summed E-state index contributed by atoms with van der Waals surface area (Å²) in [5, 5.41) is 0.564. The lowest BCUT2D eigenvalue weighted by Crippen LogP contribution is -2.21. The number of aromatic nitrogens is 3. The fraction of sp³-hybridized carbons (Fsp3) is 0.136. The number of rotatable bonds is 5. The fourth-order valence-electron chi connectivity index (χ4n) is 3.03. The van der Waals surface area contributed by atoms with Crippen LogP contribution in [0, 0.1) is 6.92 Å². The van der Waals surface area contributed by atoms with Gasteiger partial charge in [-0.15, -0.1) is 0 Å². The summed E-state index contributed by atoms with van der Waals surface area (Å²) in [7, 11) is 0. The van der Waals surface area contributed by atoms with Gasteiger partial charge in [-0.25, -0.2) is 9.78 Å². The molecule has 0 atom stereocenters. The normalized spacial score (nSPS) is 11.0. The van der Waals surface area contributed by atoms with Crippen molar-refractivity contribution >= 4 is 23.2 Å². The Labute approximate surface area is 172 Å². The van der Waals surface area contributed by atoms with Gasteiger partial charge in [0.15, 0.2) is 0 Å². The summed E-state index contributed by atoms with van der Waals surface area (Å²) in [6.07, 6.45) is 5.27. The van der Waals surface area contributed by atoms with Gasteiger partial charge < -0.3 is 13.7 Å². The Kier molecular flexibility index (Phi) is 5.18. The van der Waals surface area contributed by atoms with Crippen molar-refractivity contribution in [2.75, 3.05) is 0 Å². The van der Waals surface area contributed by atoms with Crippen molar-refractivity contribution in [1.82, 2.24) is 14.0 Å². The lowest BCUT2D eigenvalue weighted by Gasteiger charge is -2.09. The Morgan fingerprint density at radius 1 is 1.07 bits per heavy atom. The van der Waals surface area contributed by atoms with Crippen LogP contribution in [0.3, 0.4) is 0 Å². The molecule has 7 heteroatoms. The van der Waals surface area contributed by atoms with Gasteiger partial charge in [-0.2, -0.15) is 0 Å². The molecule has 0 amide bonds. The number of hydrogen-bond donors (Lipinski definition) is 0. The number of benzene rings is 1. The number of pyridine rings is 2. The van der Waals surface area contributed by atoms with Crippen molar-refractivity contribution in [3.8, 4) is 0 Å². The van der Waals surface area contributed by atoms with Crippen molar-refractivity contribution in [1.29, 1.82) is 0 Å². The molecule has 0 spiro atoms. The van der Waals surface area contributed by atoms with Crippen LogP contribution in [-0.4, -0.2) is 19.9 Å². The second kappa shape index (κ2) is 7.93. The monoisotopic (exact) mass is 407 g/mol. The van der Waals surface area contributed by atoms with Crippen LogP contribution >= 0.6 is 11.6 Å². The van der Waals surface area contributed by atoms with E-state index in [2.05, 4.69) is 4.98 Å². The Balaban J connectivity index is 1.49. The van der Waals surface area contributed by atoms with Crippen molar-refractivity contribution in [3.05, 3.63) is 105 Å². The molecule has 0 aliphatic carbocycles. The number of halogens is 1. The Bertz CT molecular complexity index is 1260. The van der Waals surface area contributed by atoms with Crippen molar-refractivity contribution < 1.29 is 9.53 Å². The molecule has 6 nitrogen and oxygen atoms in total. The smallest absolute Gasteiger partial charge is 0.340 e. The maximum Gasteiger partial charge on any atom is 0.340 e. The van der Waals surface area contributed by atoms with E-state index in [9.17, 15) is 9.59 Å². The van der Waals surface area contributed by atoms with E-state index in [1.54, 1.807) is 6.07 Å². The van der Waals surface area contributed by atoms with Crippen LogP contribution in [0.15, 0.2) is 71.9 Å². The minimum Gasteiger partial charge on any atom is -0.455 e. The third-order valence-electron chi connectivity index (χ3n) is 4.52. The molecule has 3 heterocycles. The highest BCUT2D eigenvalue weighted by atomic mass is 35.5. The van der Waals surface area contributed by atoms with Crippen LogP contribution in [0.25, 0.3) is 5.65 Å². The highest BCUT2D eigenvalue weighted by Gasteiger charge is 2.12. The van der Waals surface area contributed by atoms with E-state index in [0.717, 1.165) is 16.8 Å². The van der Waals surface area contributed by atoms with Gasteiger partial charge in [0.2, 0.25) is 0 Å². The van der Waals surface area contributed by atoms with Crippen LogP contribution in [0.1, 0.15) is 27.2 Å². The molecule has 146 valence electrons. The molecule has 4 rings (SSSR count). The SMILES string of the molecule is Cc1ccc2nc(COC(=O)c3ccc(=O)n(Cc4ccccc4Cl)c3)cn2c1. The van der Waals surface area contributed by atoms with Gasteiger partial charge in [-0.3, -0.25) is 4.79 Å². The van der Waals surface area contributed by atoms with Crippen LogP contribution in [0.5, 0.6) is 0 Å². The van der Waals surface area contributed by atoms with E-state index in [1.807, 2.05) is 54.0 Å². The molecule has 1 aromatic carbocycles. The second-order valence-electron chi connectivity index (χ2n) is 6.76. The molecule has 0 N–H and O–H groups in total. The molecular weight excluding hydrogens is 390 g/mol. The number of ether oxygens (including phenoxy) is 1. The van der Waals surface area contributed by atoms with Gasteiger partial charge >= 0.3 is 5.97 Å². The molecular formula is C22H18ClN3O3. The molecule has 0 aliphatic rings. The minimum absolute atomic E-state index is 0.0448. The van der Waals surface area contributed by atoms with Gasteiger partial charge in [0.1, 0.15) is 12.3 Å². The van der Waals surface area contributed by atoms with Crippen LogP contribution in [-0.2, 0) is 17.9 Å². The highest BCUT2D eigenvalue weighted by Crippen LogP contribution is 2.16. The summed E-state index contributed by atoms with van der Waals surface area (Å²) in [5.41, 5.74) is 3.40. The molecule has 29 heavy (non-hydrogen) atoms. The molecule has 4 aromatic rings. The first-order valence-corrected chi connectivity index (χ1v) is 9.43. The number of esters is 1. The van der Waals surface area contributed by atoms with E-state index in [4.69, 9.17) is 16.3 Å². The first-order valence-electron chi connectivity index (χ1n) is 9.05. The second-order valence-corrected chi connectivity index (χ2v) is 7.16. The first-order chi connectivity index (χ1) is 14.0. The summed E-state index contributed by atoms with van der Waals surface area (Å²) in [4.78, 5) is 29.1. The maximum atomic E-state index is 12.5. The molecule has 0 aliphatic heterocycles. The molecule has 0 saturated carbocycles. The highest BCUT2D eigenvalue weighted by molar-refractivity contribution is 6.31. The van der Waals surface area contributed by atoms with Gasteiger partial charge in [0.25, 0.3) is 5.56 Å². The predicted molar refractivity (Wildman–Crippen MR) is 110 cm³/mol.